The largest absolute Gasteiger partial charge is 0.352 e. The number of likely N-dealkylation sites (N-methyl/N-ethyl adjacent to an activating group) is 1. The van der Waals surface area contributed by atoms with Crippen molar-refractivity contribution >= 4 is 17.6 Å². The Kier molecular flexibility index (Phi) is 6.28. The van der Waals surface area contributed by atoms with Crippen LogP contribution in [-0.4, -0.2) is 64.5 Å². The smallest absolute Gasteiger partial charge is 0.252 e. The first-order valence-corrected chi connectivity index (χ1v) is 9.70. The van der Waals surface area contributed by atoms with E-state index in [1.807, 2.05) is 17.3 Å². The van der Waals surface area contributed by atoms with Gasteiger partial charge in [-0.3, -0.25) is 9.59 Å². The van der Waals surface area contributed by atoms with Gasteiger partial charge in [-0.05, 0) is 18.6 Å². The van der Waals surface area contributed by atoms with Gasteiger partial charge in [-0.1, -0.05) is 13.8 Å². The van der Waals surface area contributed by atoms with Crippen LogP contribution >= 0.6 is 0 Å². The van der Waals surface area contributed by atoms with Crippen molar-refractivity contribution in [2.75, 3.05) is 38.1 Å². The number of hydrogen-bond donors (Lipinski definition) is 1. The molecule has 8 nitrogen and oxygen atoms in total. The number of rotatable bonds is 7. The number of carbonyl (C=O) groups is 2. The van der Waals surface area contributed by atoms with E-state index in [9.17, 15) is 9.59 Å². The SMILES string of the molecule is CC(C)c1nccn1CCCNC(=O)c1ccc(N2CCN(C)C(=O)C2)nc1. The maximum Gasteiger partial charge on any atom is 0.252 e. The molecule has 2 aromatic rings. The topological polar surface area (TPSA) is 83.4 Å². The van der Waals surface area contributed by atoms with Crippen LogP contribution in [0, 0.1) is 0 Å². The van der Waals surface area contributed by atoms with Crippen LogP contribution in [0.15, 0.2) is 30.7 Å². The van der Waals surface area contributed by atoms with E-state index in [-0.39, 0.29) is 11.8 Å². The molecule has 1 aliphatic rings. The van der Waals surface area contributed by atoms with Crippen molar-refractivity contribution in [3.05, 3.63) is 42.1 Å². The van der Waals surface area contributed by atoms with E-state index in [1.165, 1.54) is 0 Å². The molecule has 150 valence electrons. The maximum absolute atomic E-state index is 12.3. The Balaban J connectivity index is 1.47. The maximum atomic E-state index is 12.3. The molecule has 1 fully saturated rings. The van der Waals surface area contributed by atoms with Gasteiger partial charge in [-0.25, -0.2) is 9.97 Å². The summed E-state index contributed by atoms with van der Waals surface area (Å²) in [5.41, 5.74) is 0.523. The number of anilines is 1. The predicted octanol–water partition coefficient (Wildman–Crippen LogP) is 1.50. The third kappa shape index (κ3) is 4.68. The summed E-state index contributed by atoms with van der Waals surface area (Å²) in [5.74, 6) is 2.11. The molecule has 8 heteroatoms. The quantitative estimate of drug-likeness (QED) is 0.732. The van der Waals surface area contributed by atoms with Crippen LogP contribution in [0.2, 0.25) is 0 Å². The number of nitrogens with one attached hydrogen (secondary N) is 1. The fourth-order valence-electron chi connectivity index (χ4n) is 3.23. The Labute approximate surface area is 165 Å². The molecule has 3 rings (SSSR count). The third-order valence-electron chi connectivity index (χ3n) is 4.92. The molecule has 1 N–H and O–H groups in total. The van der Waals surface area contributed by atoms with Gasteiger partial charge in [0.2, 0.25) is 5.91 Å². The molecule has 0 unspecified atom stereocenters. The number of amides is 2. The Morgan fingerprint density at radius 2 is 2.07 bits per heavy atom. The summed E-state index contributed by atoms with van der Waals surface area (Å²) in [7, 11) is 1.80. The van der Waals surface area contributed by atoms with Crippen LogP contribution in [0.25, 0.3) is 0 Å². The van der Waals surface area contributed by atoms with Gasteiger partial charge >= 0.3 is 0 Å². The van der Waals surface area contributed by atoms with E-state index in [0.717, 1.165) is 31.2 Å². The Morgan fingerprint density at radius 3 is 2.75 bits per heavy atom. The average molecular weight is 384 g/mol. The fraction of sp³-hybridized carbons (Fsp3) is 0.500. The van der Waals surface area contributed by atoms with Gasteiger partial charge in [-0.2, -0.15) is 0 Å². The van der Waals surface area contributed by atoms with Crippen molar-refractivity contribution in [3.63, 3.8) is 0 Å². The third-order valence-corrected chi connectivity index (χ3v) is 4.92. The Morgan fingerprint density at radius 1 is 1.25 bits per heavy atom. The number of aromatic nitrogens is 3. The van der Waals surface area contributed by atoms with Gasteiger partial charge in [0.15, 0.2) is 0 Å². The first-order chi connectivity index (χ1) is 13.5. The highest BCUT2D eigenvalue weighted by molar-refractivity contribution is 5.94. The number of piperazine rings is 1. The van der Waals surface area contributed by atoms with Crippen molar-refractivity contribution in [1.82, 2.24) is 24.8 Å². The molecule has 0 saturated carbocycles. The number of carbonyl (C=O) groups excluding carboxylic acids is 2. The van der Waals surface area contributed by atoms with Crippen LogP contribution in [0.5, 0.6) is 0 Å². The number of imidazole rings is 1. The first-order valence-electron chi connectivity index (χ1n) is 9.70. The highest BCUT2D eigenvalue weighted by Crippen LogP contribution is 2.14. The molecule has 1 aliphatic heterocycles. The lowest BCUT2D eigenvalue weighted by atomic mass is 10.2. The number of nitrogens with zero attached hydrogens (tertiary/aromatic N) is 5. The summed E-state index contributed by atoms with van der Waals surface area (Å²) in [4.78, 5) is 36.5. The van der Waals surface area contributed by atoms with Crippen molar-refractivity contribution in [2.45, 2.75) is 32.7 Å². The first kappa shape index (κ1) is 19.9. The second kappa shape index (κ2) is 8.86. The number of aryl methyl sites for hydroxylation is 1. The fourth-order valence-corrected chi connectivity index (χ4v) is 3.23. The van der Waals surface area contributed by atoms with Gasteiger partial charge in [0.1, 0.15) is 11.6 Å². The molecule has 0 aromatic carbocycles. The lowest BCUT2D eigenvalue weighted by Gasteiger charge is -2.32. The average Bonchev–Trinajstić information content (AvgIpc) is 3.16. The summed E-state index contributed by atoms with van der Waals surface area (Å²) in [6, 6.07) is 3.56. The standard InChI is InChI=1S/C20H28N6O2/c1-15(2)19-21-8-10-25(19)9-4-7-22-20(28)16-5-6-17(23-13-16)26-12-11-24(3)18(27)14-26/h5-6,8,10,13,15H,4,7,9,11-12,14H2,1-3H3,(H,22,28). The zero-order chi connectivity index (χ0) is 20.1. The minimum Gasteiger partial charge on any atom is -0.352 e. The number of pyridine rings is 1. The van der Waals surface area contributed by atoms with E-state index in [1.54, 1.807) is 30.3 Å². The van der Waals surface area contributed by atoms with Crippen LogP contribution in [-0.2, 0) is 11.3 Å². The van der Waals surface area contributed by atoms with E-state index >= 15 is 0 Å². The van der Waals surface area contributed by atoms with Gasteiger partial charge in [0.25, 0.3) is 5.91 Å². The van der Waals surface area contributed by atoms with Crippen molar-refractivity contribution in [3.8, 4) is 0 Å². The van der Waals surface area contributed by atoms with Crippen molar-refractivity contribution in [2.24, 2.45) is 0 Å². The molecular weight excluding hydrogens is 356 g/mol. The lowest BCUT2D eigenvalue weighted by Crippen LogP contribution is -2.48. The molecule has 0 atom stereocenters. The van der Waals surface area contributed by atoms with E-state index in [4.69, 9.17) is 0 Å². The van der Waals surface area contributed by atoms with Gasteiger partial charge in [0.05, 0.1) is 12.1 Å². The minimum absolute atomic E-state index is 0.0772. The molecule has 1 saturated heterocycles. The van der Waals surface area contributed by atoms with Crippen LogP contribution in [0.1, 0.15) is 42.4 Å². The zero-order valence-corrected chi connectivity index (χ0v) is 16.8. The van der Waals surface area contributed by atoms with Crippen molar-refractivity contribution < 1.29 is 9.59 Å². The molecule has 2 aromatic heterocycles. The van der Waals surface area contributed by atoms with Gasteiger partial charge in [-0.15, -0.1) is 0 Å². The second-order valence-electron chi connectivity index (χ2n) is 7.38. The second-order valence-corrected chi connectivity index (χ2v) is 7.38. The molecule has 3 heterocycles. The summed E-state index contributed by atoms with van der Waals surface area (Å²) >= 11 is 0. The lowest BCUT2D eigenvalue weighted by molar-refractivity contribution is -0.129. The van der Waals surface area contributed by atoms with Crippen LogP contribution < -0.4 is 10.2 Å². The van der Waals surface area contributed by atoms with Crippen molar-refractivity contribution in [1.29, 1.82) is 0 Å². The zero-order valence-electron chi connectivity index (χ0n) is 16.8. The summed E-state index contributed by atoms with van der Waals surface area (Å²) in [5, 5.41) is 2.93. The Bertz CT molecular complexity index is 814. The monoisotopic (exact) mass is 384 g/mol. The predicted molar refractivity (Wildman–Crippen MR) is 107 cm³/mol. The highest BCUT2D eigenvalue weighted by atomic mass is 16.2. The normalized spacial score (nSPS) is 14.6. The van der Waals surface area contributed by atoms with E-state index < -0.39 is 0 Å². The molecule has 0 aliphatic carbocycles. The molecule has 0 spiro atoms. The molecule has 0 bridgehead atoms. The number of hydrogen-bond acceptors (Lipinski definition) is 5. The van der Waals surface area contributed by atoms with E-state index in [2.05, 4.69) is 33.7 Å². The van der Waals surface area contributed by atoms with Crippen LogP contribution in [0.3, 0.4) is 0 Å². The van der Waals surface area contributed by atoms with Gasteiger partial charge in [0, 0.05) is 57.7 Å². The summed E-state index contributed by atoms with van der Waals surface area (Å²) in [6.07, 6.45) is 6.19. The molecule has 0 radical (unpaired) electrons. The van der Waals surface area contributed by atoms with Crippen LogP contribution in [0.4, 0.5) is 5.82 Å². The Hall–Kier alpha value is -2.90. The van der Waals surface area contributed by atoms with Gasteiger partial charge < -0.3 is 19.7 Å². The molecular formula is C20H28N6O2. The highest BCUT2D eigenvalue weighted by Gasteiger charge is 2.22. The summed E-state index contributed by atoms with van der Waals surface area (Å²) in [6.45, 7) is 7.39. The van der Waals surface area contributed by atoms with E-state index in [0.29, 0.717) is 31.1 Å². The molecule has 2 amide bonds. The molecule has 28 heavy (non-hydrogen) atoms. The summed E-state index contributed by atoms with van der Waals surface area (Å²) < 4.78 is 2.13. The minimum atomic E-state index is -0.136.